The van der Waals surface area contributed by atoms with Gasteiger partial charge >= 0.3 is 0 Å². The molecule has 1 aliphatic carbocycles. The van der Waals surface area contributed by atoms with Crippen LogP contribution in [-0.2, 0) is 18.6 Å². The van der Waals surface area contributed by atoms with Crippen molar-refractivity contribution in [2.45, 2.75) is 37.2 Å². The minimum absolute atomic E-state index is 0.614. The molecular weight excluding hydrogens is 334 g/mol. The minimum Gasteiger partial charge on any atom is -0.410 e. The second kappa shape index (κ2) is 6.14. The Labute approximate surface area is 141 Å². The first-order chi connectivity index (χ1) is 10.8. The van der Waals surface area contributed by atoms with Crippen molar-refractivity contribution < 1.29 is 4.42 Å². The monoisotopic (exact) mass is 349 g/mol. The van der Waals surface area contributed by atoms with Crippen LogP contribution >= 0.6 is 34.4 Å². The van der Waals surface area contributed by atoms with E-state index in [2.05, 4.69) is 28.2 Å². The van der Waals surface area contributed by atoms with E-state index in [1.165, 1.54) is 41.5 Å². The fourth-order valence-electron chi connectivity index (χ4n) is 2.62. The molecule has 0 radical (unpaired) electrons. The average Bonchev–Trinajstić information content (AvgIpc) is 3.24. The van der Waals surface area contributed by atoms with E-state index in [4.69, 9.17) is 4.42 Å². The molecular formula is C15H15N3OS3. The first kappa shape index (κ1) is 14.4. The number of fused-ring (bicyclic) bond motifs is 1. The molecule has 0 N–H and O–H groups in total. The third kappa shape index (κ3) is 2.98. The summed E-state index contributed by atoms with van der Waals surface area (Å²) in [4.78, 5) is 6.85. The molecule has 0 bridgehead atoms. The summed E-state index contributed by atoms with van der Waals surface area (Å²) in [5, 5.41) is 11.0. The molecule has 1 unspecified atom stereocenters. The van der Waals surface area contributed by atoms with Gasteiger partial charge in [0, 0.05) is 16.0 Å². The summed E-state index contributed by atoms with van der Waals surface area (Å²) in [5.74, 6) is 2.19. The van der Waals surface area contributed by atoms with Crippen molar-refractivity contribution in [1.82, 2.24) is 15.2 Å². The summed E-state index contributed by atoms with van der Waals surface area (Å²) in [7, 11) is 0. The van der Waals surface area contributed by atoms with Crippen molar-refractivity contribution in [2.75, 3.05) is 0 Å². The van der Waals surface area contributed by atoms with E-state index in [1.54, 1.807) is 22.7 Å². The second-order valence-corrected chi connectivity index (χ2v) is 8.33. The van der Waals surface area contributed by atoms with Crippen LogP contribution in [0, 0.1) is 5.92 Å². The van der Waals surface area contributed by atoms with Gasteiger partial charge in [-0.05, 0) is 36.8 Å². The highest BCUT2D eigenvalue weighted by atomic mass is 32.2. The number of thioether (sulfide) groups is 1. The highest BCUT2D eigenvalue weighted by Gasteiger charge is 2.21. The Hall–Kier alpha value is -1.18. The molecule has 0 aliphatic heterocycles. The maximum atomic E-state index is 5.80. The number of nitrogens with zero attached hydrogens (tertiary/aromatic N) is 3. The van der Waals surface area contributed by atoms with Crippen molar-refractivity contribution in [1.29, 1.82) is 0 Å². The van der Waals surface area contributed by atoms with Crippen molar-refractivity contribution in [3.8, 4) is 10.8 Å². The van der Waals surface area contributed by atoms with Crippen molar-refractivity contribution in [3.05, 3.63) is 33.1 Å². The molecule has 0 spiro atoms. The predicted molar refractivity (Wildman–Crippen MR) is 90.5 cm³/mol. The normalized spacial score (nSPS) is 17.6. The van der Waals surface area contributed by atoms with Gasteiger partial charge in [0.1, 0.15) is 0 Å². The molecule has 114 valence electrons. The van der Waals surface area contributed by atoms with Gasteiger partial charge in [-0.15, -0.1) is 32.9 Å². The Morgan fingerprint density at radius 2 is 2.36 bits per heavy atom. The van der Waals surface area contributed by atoms with E-state index >= 15 is 0 Å². The van der Waals surface area contributed by atoms with Gasteiger partial charge in [-0.25, -0.2) is 4.98 Å². The molecule has 0 saturated carbocycles. The SMILES string of the molecule is CC1CCc2sc(-c3nnc(SCc4cscn4)o3)cc2C1. The highest BCUT2D eigenvalue weighted by molar-refractivity contribution is 7.98. The van der Waals surface area contributed by atoms with Crippen LogP contribution in [0.15, 0.2) is 26.6 Å². The zero-order valence-electron chi connectivity index (χ0n) is 12.1. The summed E-state index contributed by atoms with van der Waals surface area (Å²) in [5.41, 5.74) is 4.36. The van der Waals surface area contributed by atoms with Crippen LogP contribution < -0.4 is 0 Å². The van der Waals surface area contributed by atoms with Gasteiger partial charge in [0.2, 0.25) is 0 Å². The van der Waals surface area contributed by atoms with Crippen LogP contribution in [0.1, 0.15) is 29.5 Å². The number of aryl methyl sites for hydroxylation is 1. The molecule has 4 rings (SSSR count). The summed E-state index contributed by atoms with van der Waals surface area (Å²) in [6.45, 7) is 2.32. The molecule has 0 amide bonds. The largest absolute Gasteiger partial charge is 0.410 e. The van der Waals surface area contributed by atoms with Gasteiger partial charge in [0.15, 0.2) is 0 Å². The van der Waals surface area contributed by atoms with Gasteiger partial charge in [0.05, 0.1) is 16.1 Å². The van der Waals surface area contributed by atoms with E-state index < -0.39 is 0 Å². The molecule has 22 heavy (non-hydrogen) atoms. The molecule has 4 nitrogen and oxygen atoms in total. The lowest BCUT2D eigenvalue weighted by molar-refractivity contribution is 0.466. The van der Waals surface area contributed by atoms with Crippen LogP contribution in [0.2, 0.25) is 0 Å². The Morgan fingerprint density at radius 3 is 3.23 bits per heavy atom. The highest BCUT2D eigenvalue weighted by Crippen LogP contribution is 2.37. The third-order valence-electron chi connectivity index (χ3n) is 3.77. The Morgan fingerprint density at radius 1 is 1.41 bits per heavy atom. The smallest absolute Gasteiger partial charge is 0.277 e. The molecule has 0 aromatic carbocycles. The number of hydrogen-bond donors (Lipinski definition) is 0. The Bertz CT molecular complexity index is 763. The van der Waals surface area contributed by atoms with E-state index in [0.29, 0.717) is 11.1 Å². The first-order valence-corrected chi connectivity index (χ1v) is 9.98. The first-order valence-electron chi connectivity index (χ1n) is 7.23. The fourth-order valence-corrected chi connectivity index (χ4v) is 5.08. The van der Waals surface area contributed by atoms with E-state index in [1.807, 2.05) is 10.9 Å². The van der Waals surface area contributed by atoms with Crippen LogP contribution in [0.3, 0.4) is 0 Å². The number of thiazole rings is 1. The lowest BCUT2D eigenvalue weighted by atomic mass is 9.90. The third-order valence-corrected chi connectivity index (χ3v) is 6.49. The van der Waals surface area contributed by atoms with Crippen molar-refractivity contribution in [2.24, 2.45) is 5.92 Å². The second-order valence-electron chi connectivity index (χ2n) is 5.55. The fraction of sp³-hybridized carbons (Fsp3) is 0.400. The molecule has 3 aromatic rings. The molecule has 1 atom stereocenters. The van der Waals surface area contributed by atoms with Gasteiger partial charge in [-0.1, -0.05) is 18.7 Å². The summed E-state index contributed by atoms with van der Waals surface area (Å²) < 4.78 is 5.80. The molecule has 7 heteroatoms. The molecule has 3 heterocycles. The van der Waals surface area contributed by atoms with Crippen LogP contribution in [0.4, 0.5) is 0 Å². The molecule has 1 aliphatic rings. The van der Waals surface area contributed by atoms with Crippen molar-refractivity contribution >= 4 is 34.4 Å². The lowest BCUT2D eigenvalue weighted by Gasteiger charge is -2.16. The van der Waals surface area contributed by atoms with Crippen LogP contribution in [-0.4, -0.2) is 15.2 Å². The number of rotatable bonds is 4. The molecule has 3 aromatic heterocycles. The van der Waals surface area contributed by atoms with E-state index in [0.717, 1.165) is 22.2 Å². The van der Waals surface area contributed by atoms with Gasteiger partial charge in [-0.3, -0.25) is 0 Å². The van der Waals surface area contributed by atoms with Crippen molar-refractivity contribution in [3.63, 3.8) is 0 Å². The quantitative estimate of drug-likeness (QED) is 0.641. The summed E-state index contributed by atoms with van der Waals surface area (Å²) >= 11 is 4.94. The van der Waals surface area contributed by atoms with Crippen LogP contribution in [0.5, 0.6) is 0 Å². The molecule has 0 saturated heterocycles. The number of hydrogen-bond acceptors (Lipinski definition) is 7. The predicted octanol–water partition coefficient (Wildman–Crippen LogP) is 4.67. The zero-order valence-corrected chi connectivity index (χ0v) is 14.6. The maximum absolute atomic E-state index is 5.80. The Kier molecular flexibility index (Phi) is 4.02. The molecule has 0 fully saturated rings. The summed E-state index contributed by atoms with van der Waals surface area (Å²) in [6, 6.07) is 2.23. The average molecular weight is 350 g/mol. The topological polar surface area (TPSA) is 51.8 Å². The van der Waals surface area contributed by atoms with Gasteiger partial charge < -0.3 is 4.42 Å². The number of aromatic nitrogens is 3. The lowest BCUT2D eigenvalue weighted by Crippen LogP contribution is -2.07. The summed E-state index contributed by atoms with van der Waals surface area (Å²) in [6.07, 6.45) is 3.64. The Balaban J connectivity index is 1.49. The van der Waals surface area contributed by atoms with E-state index in [-0.39, 0.29) is 0 Å². The standard InChI is InChI=1S/C15H15N3OS3/c1-9-2-3-12-10(4-9)5-13(22-12)14-17-18-15(19-14)21-7-11-6-20-8-16-11/h5-6,8-9H,2-4,7H2,1H3. The maximum Gasteiger partial charge on any atom is 0.277 e. The number of thiophene rings is 1. The van der Waals surface area contributed by atoms with Gasteiger partial charge in [0.25, 0.3) is 11.1 Å². The van der Waals surface area contributed by atoms with Crippen LogP contribution in [0.25, 0.3) is 10.8 Å². The van der Waals surface area contributed by atoms with E-state index in [9.17, 15) is 0 Å². The minimum atomic E-state index is 0.614. The van der Waals surface area contributed by atoms with Gasteiger partial charge in [-0.2, -0.15) is 0 Å². The zero-order chi connectivity index (χ0) is 14.9.